The molecular weight excluding hydrogens is 330 g/mol. The van der Waals surface area contributed by atoms with Crippen molar-refractivity contribution in [3.63, 3.8) is 0 Å². The lowest BCUT2D eigenvalue weighted by atomic mass is 10.0. The van der Waals surface area contributed by atoms with E-state index in [1.165, 1.54) is 0 Å². The Bertz CT molecular complexity index is 752. The molecule has 0 aromatic carbocycles. The predicted molar refractivity (Wildman–Crippen MR) is 90.2 cm³/mol. The zero-order valence-electron chi connectivity index (χ0n) is 14.0. The molecule has 0 fully saturated rings. The molecule has 0 saturated carbocycles. The molecule has 0 aliphatic carbocycles. The van der Waals surface area contributed by atoms with Crippen molar-refractivity contribution in [1.82, 2.24) is 24.6 Å². The number of nitrogens with zero attached hydrogens (tertiary/aromatic N) is 4. The van der Waals surface area contributed by atoms with Crippen molar-refractivity contribution in [2.45, 2.75) is 45.7 Å². The number of hydrogen-bond donors (Lipinski definition) is 2. The maximum absolute atomic E-state index is 11.4. The number of unbranched alkanes of at least 4 members (excludes halogenated alkanes) is 1. The lowest BCUT2D eigenvalue weighted by molar-refractivity contribution is 0.0687. The summed E-state index contributed by atoms with van der Waals surface area (Å²) in [5, 5.41) is 14.0. The van der Waals surface area contributed by atoms with Crippen LogP contribution >= 0.6 is 11.6 Å². The van der Waals surface area contributed by atoms with Crippen molar-refractivity contribution in [3.05, 3.63) is 33.6 Å². The molecule has 0 bridgehead atoms. The van der Waals surface area contributed by atoms with Crippen LogP contribution in [0, 0.1) is 0 Å². The monoisotopic (exact) mass is 351 g/mol. The minimum atomic E-state index is -0.977. The number of rotatable bonds is 6. The molecule has 1 aliphatic heterocycles. The second-order valence-electron chi connectivity index (χ2n) is 6.22. The number of hydrogen-bond acceptors (Lipinski definition) is 4. The summed E-state index contributed by atoms with van der Waals surface area (Å²) < 4.78 is 1.68. The molecule has 1 aliphatic rings. The van der Waals surface area contributed by atoms with Crippen LogP contribution < -0.4 is 0 Å². The number of aryl methyl sites for hydroxylation is 2. The summed E-state index contributed by atoms with van der Waals surface area (Å²) in [7, 11) is 1.80. The van der Waals surface area contributed by atoms with Gasteiger partial charge in [-0.15, -0.1) is 0 Å². The van der Waals surface area contributed by atoms with Crippen molar-refractivity contribution >= 4 is 17.6 Å². The number of fused-ring (bicyclic) bond motifs is 1. The molecular formula is C16H22ClN5O2. The molecule has 2 aromatic heterocycles. The Kier molecular flexibility index (Phi) is 4.91. The quantitative estimate of drug-likeness (QED) is 0.834. The summed E-state index contributed by atoms with van der Waals surface area (Å²) >= 11 is 6.25. The lowest BCUT2D eigenvalue weighted by Crippen LogP contribution is -2.31. The fraction of sp³-hybridized carbons (Fsp3) is 0.562. The minimum Gasteiger partial charge on any atom is -0.476 e. The van der Waals surface area contributed by atoms with Crippen molar-refractivity contribution in [2.75, 3.05) is 6.54 Å². The fourth-order valence-electron chi connectivity index (χ4n) is 3.19. The molecule has 0 saturated heterocycles. The first-order valence-corrected chi connectivity index (χ1v) is 8.61. The van der Waals surface area contributed by atoms with E-state index in [-0.39, 0.29) is 5.69 Å². The van der Waals surface area contributed by atoms with Gasteiger partial charge in [0.1, 0.15) is 5.82 Å². The second kappa shape index (κ2) is 6.94. The molecule has 24 heavy (non-hydrogen) atoms. The minimum absolute atomic E-state index is 0.150. The fourth-order valence-corrected chi connectivity index (χ4v) is 3.39. The topological polar surface area (TPSA) is 87.0 Å². The number of carbonyl (C=O) groups is 1. The highest BCUT2D eigenvalue weighted by Gasteiger charge is 2.27. The molecule has 7 nitrogen and oxygen atoms in total. The van der Waals surface area contributed by atoms with E-state index in [0.29, 0.717) is 18.2 Å². The van der Waals surface area contributed by atoms with Crippen LogP contribution in [0.15, 0.2) is 0 Å². The number of carboxylic acids is 1. The molecule has 0 radical (unpaired) electrons. The third-order valence-electron chi connectivity index (χ3n) is 4.45. The zero-order chi connectivity index (χ0) is 17.3. The van der Waals surface area contributed by atoms with E-state index in [9.17, 15) is 9.90 Å². The first-order chi connectivity index (χ1) is 11.5. The average molecular weight is 352 g/mol. The second-order valence-corrected chi connectivity index (χ2v) is 6.58. The number of aromatic amines is 1. The molecule has 3 heterocycles. The van der Waals surface area contributed by atoms with Gasteiger partial charge in [-0.25, -0.2) is 9.78 Å². The Morgan fingerprint density at radius 2 is 2.25 bits per heavy atom. The van der Waals surface area contributed by atoms with E-state index in [1.807, 2.05) is 0 Å². The smallest absolute Gasteiger partial charge is 0.356 e. The van der Waals surface area contributed by atoms with Gasteiger partial charge in [-0.05, 0) is 6.42 Å². The normalized spacial score (nSPS) is 14.8. The van der Waals surface area contributed by atoms with Crippen LogP contribution in [0.25, 0.3) is 0 Å². The van der Waals surface area contributed by atoms with E-state index in [1.54, 1.807) is 11.7 Å². The van der Waals surface area contributed by atoms with Crippen LogP contribution in [0.1, 0.15) is 53.0 Å². The summed E-state index contributed by atoms with van der Waals surface area (Å²) in [6, 6.07) is 0. The number of aromatic nitrogens is 4. The molecule has 2 aromatic rings. The van der Waals surface area contributed by atoms with Gasteiger partial charge in [-0.2, -0.15) is 5.10 Å². The molecule has 130 valence electrons. The van der Waals surface area contributed by atoms with Crippen LogP contribution in [0.4, 0.5) is 0 Å². The number of H-pyrrole nitrogens is 1. The third-order valence-corrected chi connectivity index (χ3v) is 4.76. The Morgan fingerprint density at radius 1 is 1.46 bits per heavy atom. The molecule has 0 amide bonds. The Hall–Kier alpha value is -1.86. The van der Waals surface area contributed by atoms with Gasteiger partial charge < -0.3 is 10.1 Å². The zero-order valence-corrected chi connectivity index (χ0v) is 14.7. The van der Waals surface area contributed by atoms with Gasteiger partial charge >= 0.3 is 5.97 Å². The Labute approximate surface area is 145 Å². The molecule has 0 unspecified atom stereocenters. The largest absolute Gasteiger partial charge is 0.476 e. The van der Waals surface area contributed by atoms with Crippen LogP contribution in [-0.4, -0.2) is 42.3 Å². The summed E-state index contributed by atoms with van der Waals surface area (Å²) in [6.45, 7) is 4.17. The van der Waals surface area contributed by atoms with Gasteiger partial charge in [-0.3, -0.25) is 9.58 Å². The number of halogens is 1. The molecule has 2 N–H and O–H groups in total. The van der Waals surface area contributed by atoms with E-state index in [0.717, 1.165) is 55.0 Å². The third kappa shape index (κ3) is 3.32. The van der Waals surface area contributed by atoms with Gasteiger partial charge in [0, 0.05) is 50.8 Å². The van der Waals surface area contributed by atoms with Crippen molar-refractivity contribution < 1.29 is 9.90 Å². The number of imidazole rings is 1. The summed E-state index contributed by atoms with van der Waals surface area (Å²) in [4.78, 5) is 21.2. The average Bonchev–Trinajstić information content (AvgIpc) is 3.06. The van der Waals surface area contributed by atoms with Crippen LogP contribution in [0.2, 0.25) is 5.15 Å². The SMILES string of the molecule is CCCCc1nc(Cl)c(CN2CCc3c(c(C(=O)O)nn3C)C2)[nH]1. The maximum atomic E-state index is 11.4. The molecule has 8 heteroatoms. The van der Waals surface area contributed by atoms with Gasteiger partial charge in [0.05, 0.1) is 5.69 Å². The highest BCUT2D eigenvalue weighted by molar-refractivity contribution is 6.30. The van der Waals surface area contributed by atoms with Crippen molar-refractivity contribution in [2.24, 2.45) is 7.05 Å². The van der Waals surface area contributed by atoms with Crippen molar-refractivity contribution in [3.8, 4) is 0 Å². The van der Waals surface area contributed by atoms with Gasteiger partial charge in [-0.1, -0.05) is 24.9 Å². The molecule has 3 rings (SSSR count). The van der Waals surface area contributed by atoms with Crippen LogP contribution in [0.3, 0.4) is 0 Å². The van der Waals surface area contributed by atoms with Crippen LogP contribution in [-0.2, 0) is 33.0 Å². The van der Waals surface area contributed by atoms with E-state index in [2.05, 4.69) is 26.9 Å². The standard InChI is InChI=1S/C16H22ClN5O2/c1-3-4-5-13-18-11(15(17)19-13)9-22-7-6-12-10(8-22)14(16(23)24)20-21(12)2/h3-9H2,1-2H3,(H,18,19)(H,23,24). The van der Waals surface area contributed by atoms with E-state index in [4.69, 9.17) is 11.6 Å². The van der Waals surface area contributed by atoms with Crippen molar-refractivity contribution in [1.29, 1.82) is 0 Å². The summed E-state index contributed by atoms with van der Waals surface area (Å²) in [5.41, 5.74) is 2.85. The number of aromatic carboxylic acids is 1. The summed E-state index contributed by atoms with van der Waals surface area (Å²) in [6.07, 6.45) is 3.86. The number of carboxylic acid groups (broad SMARTS) is 1. The highest BCUT2D eigenvalue weighted by atomic mass is 35.5. The molecule has 0 atom stereocenters. The van der Waals surface area contributed by atoms with E-state index >= 15 is 0 Å². The Balaban J connectivity index is 1.74. The van der Waals surface area contributed by atoms with Gasteiger partial charge in [0.15, 0.2) is 10.8 Å². The summed E-state index contributed by atoms with van der Waals surface area (Å²) in [5.74, 6) is -0.0581. The first-order valence-electron chi connectivity index (χ1n) is 8.23. The van der Waals surface area contributed by atoms with E-state index < -0.39 is 5.97 Å². The first kappa shape index (κ1) is 17.0. The van der Waals surface area contributed by atoms with Gasteiger partial charge in [0.25, 0.3) is 0 Å². The highest BCUT2D eigenvalue weighted by Crippen LogP contribution is 2.25. The van der Waals surface area contributed by atoms with Gasteiger partial charge in [0.2, 0.25) is 0 Å². The maximum Gasteiger partial charge on any atom is 0.356 e. The number of nitrogens with one attached hydrogen (secondary N) is 1. The Morgan fingerprint density at radius 3 is 2.96 bits per heavy atom. The van der Waals surface area contributed by atoms with Crippen LogP contribution in [0.5, 0.6) is 0 Å². The molecule has 0 spiro atoms. The lowest BCUT2D eigenvalue weighted by Gasteiger charge is -2.26. The predicted octanol–water partition coefficient (Wildman–Crippen LogP) is 2.40.